The number of anilines is 1. The second kappa shape index (κ2) is 11.4. The number of hydrogen-bond acceptors (Lipinski definition) is 6. The van der Waals surface area contributed by atoms with E-state index in [1.54, 1.807) is 42.5 Å². The van der Waals surface area contributed by atoms with Crippen molar-refractivity contribution in [2.45, 2.75) is 0 Å². The van der Waals surface area contributed by atoms with Gasteiger partial charge < -0.3 is 19.5 Å². The molecule has 3 aromatic rings. The highest BCUT2D eigenvalue weighted by molar-refractivity contribution is 9.10. The molecule has 0 saturated carbocycles. The first kappa shape index (κ1) is 24.1. The van der Waals surface area contributed by atoms with Gasteiger partial charge in [0, 0.05) is 15.7 Å². The van der Waals surface area contributed by atoms with Crippen molar-refractivity contribution in [3.8, 4) is 17.2 Å². The van der Waals surface area contributed by atoms with Gasteiger partial charge in [0.1, 0.15) is 11.6 Å². The summed E-state index contributed by atoms with van der Waals surface area (Å²) < 4.78 is 29.8. The van der Waals surface area contributed by atoms with E-state index < -0.39 is 5.97 Å². The van der Waals surface area contributed by atoms with E-state index in [9.17, 15) is 9.18 Å². The number of methoxy groups -OCH3 is 2. The Balaban J connectivity index is 1.70. The second-order valence-electron chi connectivity index (χ2n) is 6.47. The van der Waals surface area contributed by atoms with Crippen LogP contribution in [0.3, 0.4) is 0 Å². The van der Waals surface area contributed by atoms with E-state index >= 15 is 0 Å². The maximum Gasteiger partial charge on any atom is 0.343 e. The summed E-state index contributed by atoms with van der Waals surface area (Å²) in [4.78, 5) is 12.7. The van der Waals surface area contributed by atoms with Crippen LogP contribution >= 0.6 is 28.1 Å². The van der Waals surface area contributed by atoms with Gasteiger partial charge in [0.25, 0.3) is 0 Å². The standard InChI is InChI=1S/C23H19BrFN3O4S/c1-30-20-9-3-14(12-21(20)31-2)22(29)32-19-10-4-16(24)11-15(19)13-26-28-23(33)27-18-7-5-17(25)6-8-18/h3-13H,1-2H3,(H2,27,28,33)/b26-13-. The van der Waals surface area contributed by atoms with Crippen molar-refractivity contribution in [1.82, 2.24) is 5.43 Å². The van der Waals surface area contributed by atoms with Crippen LogP contribution in [0.15, 0.2) is 70.2 Å². The molecule has 10 heteroatoms. The average molecular weight is 532 g/mol. The van der Waals surface area contributed by atoms with Crippen molar-refractivity contribution in [3.63, 3.8) is 0 Å². The summed E-state index contributed by atoms with van der Waals surface area (Å²) in [6, 6.07) is 15.6. The van der Waals surface area contributed by atoms with Crippen LogP contribution in [0.2, 0.25) is 0 Å². The summed E-state index contributed by atoms with van der Waals surface area (Å²) in [5.74, 6) is 0.287. The lowest BCUT2D eigenvalue weighted by molar-refractivity contribution is 0.0734. The van der Waals surface area contributed by atoms with Crippen molar-refractivity contribution >= 4 is 51.1 Å². The van der Waals surface area contributed by atoms with Gasteiger partial charge in [0.15, 0.2) is 16.6 Å². The normalized spacial score (nSPS) is 10.5. The second-order valence-corrected chi connectivity index (χ2v) is 7.80. The van der Waals surface area contributed by atoms with Gasteiger partial charge in [0.2, 0.25) is 0 Å². The van der Waals surface area contributed by atoms with Crippen LogP contribution in [-0.4, -0.2) is 31.5 Å². The molecule has 33 heavy (non-hydrogen) atoms. The highest BCUT2D eigenvalue weighted by Crippen LogP contribution is 2.29. The number of benzene rings is 3. The Kier molecular flexibility index (Phi) is 8.34. The fourth-order valence-electron chi connectivity index (χ4n) is 2.69. The fourth-order valence-corrected chi connectivity index (χ4v) is 3.24. The zero-order valence-corrected chi connectivity index (χ0v) is 20.0. The molecule has 170 valence electrons. The van der Waals surface area contributed by atoms with Gasteiger partial charge in [-0.05, 0) is 72.9 Å². The lowest BCUT2D eigenvalue weighted by Crippen LogP contribution is -2.23. The third kappa shape index (κ3) is 6.74. The minimum Gasteiger partial charge on any atom is -0.493 e. The van der Waals surface area contributed by atoms with Gasteiger partial charge in [-0.25, -0.2) is 9.18 Å². The molecule has 0 fully saturated rings. The molecule has 0 atom stereocenters. The monoisotopic (exact) mass is 531 g/mol. The average Bonchev–Trinajstić information content (AvgIpc) is 2.81. The van der Waals surface area contributed by atoms with Crippen LogP contribution in [-0.2, 0) is 0 Å². The Hall–Kier alpha value is -3.50. The van der Waals surface area contributed by atoms with Crippen molar-refractivity contribution in [1.29, 1.82) is 0 Å². The smallest absolute Gasteiger partial charge is 0.343 e. The van der Waals surface area contributed by atoms with Gasteiger partial charge in [-0.3, -0.25) is 5.43 Å². The number of nitrogens with zero attached hydrogens (tertiary/aromatic N) is 1. The number of carbonyl (C=O) groups excluding carboxylic acids is 1. The largest absolute Gasteiger partial charge is 0.493 e. The third-order valence-electron chi connectivity index (χ3n) is 4.27. The minimum absolute atomic E-state index is 0.205. The van der Waals surface area contributed by atoms with Crippen molar-refractivity contribution in [2.75, 3.05) is 19.5 Å². The zero-order chi connectivity index (χ0) is 23.8. The molecule has 0 aliphatic rings. The third-order valence-corrected chi connectivity index (χ3v) is 4.95. The molecular weight excluding hydrogens is 513 g/mol. The number of carbonyl (C=O) groups is 1. The summed E-state index contributed by atoms with van der Waals surface area (Å²) in [6.45, 7) is 0. The van der Waals surface area contributed by atoms with Crippen LogP contribution in [0.4, 0.5) is 10.1 Å². The van der Waals surface area contributed by atoms with Crippen molar-refractivity contribution < 1.29 is 23.4 Å². The number of hydrazone groups is 1. The molecular formula is C23H19BrFN3O4S. The van der Waals surface area contributed by atoms with Crippen molar-refractivity contribution in [3.05, 3.63) is 82.1 Å². The lowest BCUT2D eigenvalue weighted by atomic mass is 10.2. The Morgan fingerprint density at radius 2 is 1.70 bits per heavy atom. The summed E-state index contributed by atoms with van der Waals surface area (Å²) in [5, 5.41) is 7.17. The number of halogens is 2. The van der Waals surface area contributed by atoms with Crippen molar-refractivity contribution in [2.24, 2.45) is 5.10 Å². The van der Waals surface area contributed by atoms with E-state index in [2.05, 4.69) is 31.8 Å². The van der Waals surface area contributed by atoms with Crippen LogP contribution in [0.25, 0.3) is 0 Å². The molecule has 0 bridgehead atoms. The predicted molar refractivity (Wildman–Crippen MR) is 132 cm³/mol. The Morgan fingerprint density at radius 1 is 1.00 bits per heavy atom. The first-order valence-electron chi connectivity index (χ1n) is 9.49. The SMILES string of the molecule is COc1ccc(C(=O)Oc2ccc(Br)cc2/C=N\NC(=S)Nc2ccc(F)cc2)cc1OC. The molecule has 0 aliphatic carbocycles. The molecule has 0 unspecified atom stereocenters. The van der Waals surface area contributed by atoms with Crippen LogP contribution in [0, 0.1) is 5.82 Å². The predicted octanol–water partition coefficient (Wildman–Crippen LogP) is 5.15. The molecule has 7 nitrogen and oxygen atoms in total. The summed E-state index contributed by atoms with van der Waals surface area (Å²) in [6.07, 6.45) is 1.46. The Morgan fingerprint density at radius 3 is 2.39 bits per heavy atom. The molecule has 3 aromatic carbocycles. The molecule has 0 radical (unpaired) electrons. The van der Waals surface area contributed by atoms with Crippen LogP contribution in [0.5, 0.6) is 17.2 Å². The number of thiocarbonyl (C=S) groups is 1. The highest BCUT2D eigenvalue weighted by Gasteiger charge is 2.15. The molecule has 3 rings (SSSR count). The summed E-state index contributed by atoms with van der Waals surface area (Å²) in [7, 11) is 3.00. The molecule has 0 aromatic heterocycles. The van der Waals surface area contributed by atoms with E-state index in [-0.39, 0.29) is 10.9 Å². The highest BCUT2D eigenvalue weighted by atomic mass is 79.9. The van der Waals surface area contributed by atoms with E-state index in [0.29, 0.717) is 34.1 Å². The molecule has 0 heterocycles. The molecule has 0 spiro atoms. The summed E-state index contributed by atoms with van der Waals surface area (Å²) in [5.41, 5.74) is 4.09. The molecule has 0 aliphatic heterocycles. The van der Waals surface area contributed by atoms with E-state index in [1.807, 2.05) is 0 Å². The van der Waals surface area contributed by atoms with Gasteiger partial charge in [-0.1, -0.05) is 15.9 Å². The first-order valence-corrected chi connectivity index (χ1v) is 10.7. The van der Waals surface area contributed by atoms with Crippen LogP contribution < -0.4 is 25.0 Å². The molecule has 0 saturated heterocycles. The minimum atomic E-state index is -0.575. The number of rotatable bonds is 7. The maximum atomic E-state index is 13.0. The quantitative estimate of drug-likeness (QED) is 0.143. The van der Waals surface area contributed by atoms with Gasteiger partial charge in [-0.2, -0.15) is 5.10 Å². The van der Waals surface area contributed by atoms with Gasteiger partial charge >= 0.3 is 5.97 Å². The number of nitrogens with one attached hydrogen (secondary N) is 2. The zero-order valence-electron chi connectivity index (χ0n) is 17.6. The number of hydrogen-bond donors (Lipinski definition) is 2. The Bertz CT molecular complexity index is 1190. The topological polar surface area (TPSA) is 81.2 Å². The van der Waals surface area contributed by atoms with E-state index in [1.165, 1.54) is 38.6 Å². The van der Waals surface area contributed by atoms with Gasteiger partial charge in [-0.15, -0.1) is 0 Å². The van der Waals surface area contributed by atoms with Crippen LogP contribution in [0.1, 0.15) is 15.9 Å². The van der Waals surface area contributed by atoms with Gasteiger partial charge in [0.05, 0.1) is 26.0 Å². The fraction of sp³-hybridized carbons (Fsp3) is 0.0870. The van der Waals surface area contributed by atoms with E-state index in [4.69, 9.17) is 26.4 Å². The number of ether oxygens (including phenoxy) is 3. The summed E-state index contributed by atoms with van der Waals surface area (Å²) >= 11 is 8.57. The maximum absolute atomic E-state index is 13.0. The van der Waals surface area contributed by atoms with E-state index in [0.717, 1.165) is 4.47 Å². The first-order chi connectivity index (χ1) is 15.9. The molecule has 2 N–H and O–H groups in total. The number of esters is 1. The lowest BCUT2D eigenvalue weighted by Gasteiger charge is -2.11. The Labute approximate surface area is 203 Å². The molecule has 0 amide bonds.